The topological polar surface area (TPSA) is 110 Å². The van der Waals surface area contributed by atoms with Crippen molar-refractivity contribution in [3.63, 3.8) is 0 Å². The molecular weight excluding hydrogens is 312 g/mol. The summed E-state index contributed by atoms with van der Waals surface area (Å²) in [4.78, 5) is 33.0. The van der Waals surface area contributed by atoms with Gasteiger partial charge in [-0.1, -0.05) is 31.5 Å². The number of nitrogens with one attached hydrogen (secondary N) is 1. The van der Waals surface area contributed by atoms with E-state index in [0.29, 0.717) is 12.0 Å². The van der Waals surface area contributed by atoms with Crippen molar-refractivity contribution in [3.05, 3.63) is 38.9 Å². The lowest BCUT2D eigenvalue weighted by Crippen LogP contribution is -2.42. The van der Waals surface area contributed by atoms with Gasteiger partial charge < -0.3 is 10.4 Å². The van der Waals surface area contributed by atoms with Crippen LogP contribution in [0, 0.1) is 16.0 Å². The quantitative estimate of drug-likeness (QED) is 0.590. The molecule has 8 heteroatoms. The molecule has 0 fully saturated rings. The van der Waals surface area contributed by atoms with Gasteiger partial charge in [0.2, 0.25) is 5.91 Å². The first-order valence-corrected chi connectivity index (χ1v) is 7.03. The number of nitro groups is 1. The van der Waals surface area contributed by atoms with Crippen LogP contribution in [-0.2, 0) is 16.0 Å². The van der Waals surface area contributed by atoms with E-state index in [1.807, 2.05) is 13.8 Å². The molecule has 0 saturated heterocycles. The monoisotopic (exact) mass is 328 g/mol. The largest absolute Gasteiger partial charge is 0.480 e. The number of carboxylic acids is 1. The Labute approximate surface area is 132 Å². The summed E-state index contributed by atoms with van der Waals surface area (Å²) in [5.74, 6) is -1.48. The van der Waals surface area contributed by atoms with Gasteiger partial charge in [-0.2, -0.15) is 0 Å². The van der Waals surface area contributed by atoms with Crippen molar-refractivity contribution in [2.75, 3.05) is 0 Å². The van der Waals surface area contributed by atoms with Crippen LogP contribution < -0.4 is 5.32 Å². The van der Waals surface area contributed by atoms with E-state index in [1.54, 1.807) is 0 Å². The molecule has 0 radical (unpaired) electrons. The van der Waals surface area contributed by atoms with E-state index >= 15 is 0 Å². The average molecular weight is 329 g/mol. The van der Waals surface area contributed by atoms with Crippen LogP contribution in [0.1, 0.15) is 25.8 Å². The SMILES string of the molecule is CC(C)C[C@H](NC(=O)Cc1ccc([N+](=O)[O-])cc1Cl)C(=O)O. The van der Waals surface area contributed by atoms with Crippen molar-refractivity contribution in [3.8, 4) is 0 Å². The van der Waals surface area contributed by atoms with Gasteiger partial charge in [0.25, 0.3) is 5.69 Å². The molecule has 0 spiro atoms. The fraction of sp³-hybridized carbons (Fsp3) is 0.429. The Morgan fingerprint density at radius 1 is 1.41 bits per heavy atom. The van der Waals surface area contributed by atoms with E-state index in [4.69, 9.17) is 16.7 Å². The maximum atomic E-state index is 11.9. The second kappa shape index (κ2) is 7.74. The van der Waals surface area contributed by atoms with Gasteiger partial charge in [0.15, 0.2) is 0 Å². The standard InChI is InChI=1S/C14H17ClN2O5/c1-8(2)5-12(14(19)20)16-13(18)6-9-3-4-10(17(21)22)7-11(9)15/h3-4,7-8,12H,5-6H2,1-2H3,(H,16,18)(H,19,20)/t12-/m0/s1. The van der Waals surface area contributed by atoms with Gasteiger partial charge in [0, 0.05) is 12.1 Å². The van der Waals surface area contributed by atoms with Gasteiger partial charge in [-0.3, -0.25) is 14.9 Å². The Balaban J connectivity index is 2.75. The molecule has 2 N–H and O–H groups in total. The molecule has 7 nitrogen and oxygen atoms in total. The first-order chi connectivity index (χ1) is 10.2. The highest BCUT2D eigenvalue weighted by molar-refractivity contribution is 6.31. The Hall–Kier alpha value is -2.15. The normalized spacial score (nSPS) is 12.0. The summed E-state index contributed by atoms with van der Waals surface area (Å²) in [6.07, 6.45) is 0.174. The molecule has 0 unspecified atom stereocenters. The third kappa shape index (κ3) is 5.33. The van der Waals surface area contributed by atoms with Crippen LogP contribution >= 0.6 is 11.6 Å². The fourth-order valence-electron chi connectivity index (χ4n) is 1.90. The second-order valence-electron chi connectivity index (χ2n) is 5.30. The number of carbonyl (C=O) groups excluding carboxylic acids is 1. The summed E-state index contributed by atoms with van der Waals surface area (Å²) in [7, 11) is 0. The molecule has 1 aromatic rings. The number of halogens is 1. The molecule has 0 aliphatic heterocycles. The summed E-state index contributed by atoms with van der Waals surface area (Å²) >= 11 is 5.90. The number of hydrogen-bond donors (Lipinski definition) is 2. The highest BCUT2D eigenvalue weighted by atomic mass is 35.5. The van der Waals surface area contributed by atoms with E-state index in [2.05, 4.69) is 5.32 Å². The van der Waals surface area contributed by atoms with E-state index in [0.717, 1.165) is 6.07 Å². The summed E-state index contributed by atoms with van der Waals surface area (Å²) in [6.45, 7) is 3.71. The Morgan fingerprint density at radius 2 is 2.05 bits per heavy atom. The summed E-state index contributed by atoms with van der Waals surface area (Å²) < 4.78 is 0. The molecule has 1 rings (SSSR count). The van der Waals surface area contributed by atoms with Crippen molar-refractivity contribution in [2.45, 2.75) is 32.7 Å². The predicted octanol–water partition coefficient (Wildman–Crippen LogP) is 2.41. The maximum absolute atomic E-state index is 11.9. The van der Waals surface area contributed by atoms with Gasteiger partial charge in [-0.05, 0) is 17.9 Å². The summed E-state index contributed by atoms with van der Waals surface area (Å²) in [5, 5.41) is 22.2. The summed E-state index contributed by atoms with van der Waals surface area (Å²) in [5.41, 5.74) is 0.232. The van der Waals surface area contributed by atoms with Gasteiger partial charge in [-0.25, -0.2) is 4.79 Å². The molecular formula is C14H17ClN2O5. The molecule has 1 amide bonds. The lowest BCUT2D eigenvalue weighted by Gasteiger charge is -2.16. The minimum absolute atomic E-state index is 0.0973. The van der Waals surface area contributed by atoms with Crippen LogP contribution in [0.5, 0.6) is 0 Å². The number of rotatable bonds is 7. The van der Waals surface area contributed by atoms with Crippen molar-refractivity contribution in [2.24, 2.45) is 5.92 Å². The third-order valence-corrected chi connectivity index (χ3v) is 3.29. The molecule has 0 heterocycles. The van der Waals surface area contributed by atoms with Gasteiger partial charge in [-0.15, -0.1) is 0 Å². The molecule has 22 heavy (non-hydrogen) atoms. The first kappa shape index (κ1) is 17.9. The number of nitro benzene ring substituents is 1. The van der Waals surface area contributed by atoms with Crippen molar-refractivity contribution < 1.29 is 19.6 Å². The van der Waals surface area contributed by atoms with Crippen molar-refractivity contribution in [1.82, 2.24) is 5.32 Å². The highest BCUT2D eigenvalue weighted by Crippen LogP contribution is 2.22. The number of carboxylic acid groups (broad SMARTS) is 1. The number of hydrogen-bond acceptors (Lipinski definition) is 4. The van der Waals surface area contributed by atoms with Gasteiger partial charge in [0.1, 0.15) is 6.04 Å². The Kier molecular flexibility index (Phi) is 6.30. The number of aliphatic carboxylic acids is 1. The molecule has 1 atom stereocenters. The van der Waals surface area contributed by atoms with E-state index in [-0.39, 0.29) is 23.0 Å². The molecule has 1 aromatic carbocycles. The number of nitrogens with zero attached hydrogens (tertiary/aromatic N) is 1. The number of carbonyl (C=O) groups is 2. The molecule has 0 aliphatic rings. The zero-order chi connectivity index (χ0) is 16.9. The lowest BCUT2D eigenvalue weighted by atomic mass is 10.0. The number of amides is 1. The van der Waals surface area contributed by atoms with E-state index in [9.17, 15) is 19.7 Å². The van der Waals surface area contributed by atoms with Crippen LogP contribution in [-0.4, -0.2) is 27.9 Å². The Morgan fingerprint density at radius 3 is 2.50 bits per heavy atom. The van der Waals surface area contributed by atoms with Crippen LogP contribution in [0.3, 0.4) is 0 Å². The van der Waals surface area contributed by atoms with Gasteiger partial charge in [0.05, 0.1) is 16.4 Å². The van der Waals surface area contributed by atoms with Crippen LogP contribution in [0.2, 0.25) is 5.02 Å². The third-order valence-electron chi connectivity index (χ3n) is 2.94. The molecule has 0 bridgehead atoms. The van der Waals surface area contributed by atoms with Crippen molar-refractivity contribution in [1.29, 1.82) is 0 Å². The van der Waals surface area contributed by atoms with Crippen LogP contribution in [0.4, 0.5) is 5.69 Å². The summed E-state index contributed by atoms with van der Waals surface area (Å²) in [6, 6.07) is 2.83. The Bertz CT molecular complexity index is 589. The minimum Gasteiger partial charge on any atom is -0.480 e. The van der Waals surface area contributed by atoms with Gasteiger partial charge >= 0.3 is 5.97 Å². The molecule has 0 aromatic heterocycles. The smallest absolute Gasteiger partial charge is 0.326 e. The first-order valence-electron chi connectivity index (χ1n) is 6.65. The lowest BCUT2D eigenvalue weighted by molar-refractivity contribution is -0.384. The maximum Gasteiger partial charge on any atom is 0.326 e. The molecule has 0 aliphatic carbocycles. The molecule has 0 saturated carbocycles. The van der Waals surface area contributed by atoms with E-state index < -0.39 is 22.8 Å². The number of benzene rings is 1. The average Bonchev–Trinajstić information content (AvgIpc) is 2.39. The zero-order valence-electron chi connectivity index (χ0n) is 12.2. The zero-order valence-corrected chi connectivity index (χ0v) is 13.0. The van der Waals surface area contributed by atoms with Crippen LogP contribution in [0.15, 0.2) is 18.2 Å². The fourth-order valence-corrected chi connectivity index (χ4v) is 2.15. The predicted molar refractivity (Wildman–Crippen MR) is 80.8 cm³/mol. The molecule has 120 valence electrons. The van der Waals surface area contributed by atoms with Crippen LogP contribution in [0.25, 0.3) is 0 Å². The van der Waals surface area contributed by atoms with E-state index in [1.165, 1.54) is 12.1 Å². The minimum atomic E-state index is -1.10. The van der Waals surface area contributed by atoms with Crippen molar-refractivity contribution >= 4 is 29.2 Å². The second-order valence-corrected chi connectivity index (χ2v) is 5.70. The highest BCUT2D eigenvalue weighted by Gasteiger charge is 2.21. The number of non-ortho nitro benzene ring substituents is 1.